The first-order chi connectivity index (χ1) is 11.4. The molecular formula is C12H14N4O8. The lowest BCUT2D eigenvalue weighted by molar-refractivity contribution is -0.383. The van der Waals surface area contributed by atoms with Gasteiger partial charge in [-0.15, -0.1) is 0 Å². The van der Waals surface area contributed by atoms with Crippen LogP contribution in [0.2, 0.25) is 0 Å². The van der Waals surface area contributed by atoms with Gasteiger partial charge in [-0.25, -0.2) is 4.63 Å². The van der Waals surface area contributed by atoms with Gasteiger partial charge >= 0.3 is 5.69 Å². The van der Waals surface area contributed by atoms with Crippen molar-refractivity contribution in [1.29, 1.82) is 0 Å². The summed E-state index contributed by atoms with van der Waals surface area (Å²) in [7, 11) is 0. The topological polar surface area (TPSA) is 184 Å². The monoisotopic (exact) mass is 342 g/mol. The number of rotatable bonds is 4. The Bertz CT molecular complexity index is 752. The summed E-state index contributed by atoms with van der Waals surface area (Å²) in [6.07, 6.45) is -7.34. The summed E-state index contributed by atoms with van der Waals surface area (Å²) >= 11 is 0. The number of anilines is 1. The largest absolute Gasteiger partial charge is 0.388 e. The van der Waals surface area contributed by atoms with E-state index in [1.165, 1.54) is 12.1 Å². The predicted octanol–water partition coefficient (Wildman–Crippen LogP) is -1.66. The first-order valence-corrected chi connectivity index (χ1v) is 6.91. The molecule has 0 spiro atoms. The third kappa shape index (κ3) is 2.76. The molecule has 5 atom stereocenters. The second-order valence-electron chi connectivity index (χ2n) is 5.27. The third-order valence-electron chi connectivity index (χ3n) is 3.77. The molecule has 1 aromatic carbocycles. The molecule has 1 aliphatic heterocycles. The number of ether oxygens (including phenoxy) is 1. The van der Waals surface area contributed by atoms with Crippen LogP contribution in [-0.2, 0) is 4.74 Å². The number of aliphatic hydroxyl groups is 4. The van der Waals surface area contributed by atoms with Crippen LogP contribution in [-0.4, -0.2) is 72.9 Å². The SMILES string of the molecule is O=[N+]([O-])c1ccc(NCC2OC(O)C(O)[C@H](O)[C@@H]2O)c2nonc12. The predicted molar refractivity (Wildman–Crippen MR) is 75.8 cm³/mol. The standard InChI is InChI=1S/C12H14N4O8/c17-9-6(23-12(20)11(19)10(9)18)3-13-4-1-2-5(16(21)22)8-7(4)14-24-15-8/h1-2,6,9-13,17-20H,3H2/t6?,9-,10-,11?,12?/m1/s1. The molecule has 2 heterocycles. The zero-order valence-electron chi connectivity index (χ0n) is 12.0. The molecule has 12 heteroatoms. The van der Waals surface area contributed by atoms with Crippen LogP contribution >= 0.6 is 0 Å². The van der Waals surface area contributed by atoms with Gasteiger partial charge in [0.2, 0.25) is 5.52 Å². The zero-order chi connectivity index (χ0) is 17.4. The van der Waals surface area contributed by atoms with Crippen molar-refractivity contribution in [2.24, 2.45) is 0 Å². The molecule has 130 valence electrons. The average Bonchev–Trinajstić information content (AvgIpc) is 3.04. The molecule has 12 nitrogen and oxygen atoms in total. The van der Waals surface area contributed by atoms with Crippen molar-refractivity contribution in [1.82, 2.24) is 10.3 Å². The number of benzene rings is 1. The summed E-state index contributed by atoms with van der Waals surface area (Å²) in [5.41, 5.74) is 0.101. The maximum atomic E-state index is 10.9. The molecule has 0 bridgehead atoms. The molecule has 0 aliphatic carbocycles. The fourth-order valence-corrected chi connectivity index (χ4v) is 2.45. The minimum absolute atomic E-state index is 0.0504. The van der Waals surface area contributed by atoms with E-state index < -0.39 is 35.6 Å². The third-order valence-corrected chi connectivity index (χ3v) is 3.77. The zero-order valence-corrected chi connectivity index (χ0v) is 12.0. The summed E-state index contributed by atoms with van der Waals surface area (Å²) in [6, 6.07) is 2.59. The normalized spacial score (nSPS) is 30.4. The van der Waals surface area contributed by atoms with E-state index in [1.807, 2.05) is 0 Å². The molecule has 5 N–H and O–H groups in total. The first-order valence-electron chi connectivity index (χ1n) is 6.91. The van der Waals surface area contributed by atoms with Crippen molar-refractivity contribution in [3.8, 4) is 0 Å². The number of nitro benzene ring substituents is 1. The number of hydrogen-bond donors (Lipinski definition) is 5. The highest BCUT2D eigenvalue weighted by atomic mass is 16.6. The van der Waals surface area contributed by atoms with Crippen molar-refractivity contribution in [3.63, 3.8) is 0 Å². The van der Waals surface area contributed by atoms with Crippen LogP contribution in [0.4, 0.5) is 11.4 Å². The lowest BCUT2D eigenvalue weighted by Gasteiger charge is -2.38. The van der Waals surface area contributed by atoms with Gasteiger partial charge in [0.05, 0.1) is 10.6 Å². The van der Waals surface area contributed by atoms with Crippen molar-refractivity contribution in [2.75, 3.05) is 11.9 Å². The minimum Gasteiger partial charge on any atom is -0.388 e. The van der Waals surface area contributed by atoms with E-state index in [-0.39, 0.29) is 23.3 Å². The van der Waals surface area contributed by atoms with E-state index >= 15 is 0 Å². The average molecular weight is 342 g/mol. The van der Waals surface area contributed by atoms with Crippen molar-refractivity contribution in [3.05, 3.63) is 22.2 Å². The molecule has 3 rings (SSSR count). The van der Waals surface area contributed by atoms with Gasteiger partial charge in [0.15, 0.2) is 11.8 Å². The number of hydrogen-bond acceptors (Lipinski definition) is 11. The van der Waals surface area contributed by atoms with Crippen LogP contribution in [0.25, 0.3) is 11.0 Å². The van der Waals surface area contributed by atoms with E-state index in [2.05, 4.69) is 20.3 Å². The molecule has 0 saturated carbocycles. The number of aliphatic hydroxyl groups excluding tert-OH is 4. The summed E-state index contributed by atoms with van der Waals surface area (Å²) in [5, 5.41) is 59.2. The van der Waals surface area contributed by atoms with E-state index in [1.54, 1.807) is 0 Å². The van der Waals surface area contributed by atoms with Crippen LogP contribution in [0.3, 0.4) is 0 Å². The van der Waals surface area contributed by atoms with Crippen molar-refractivity contribution in [2.45, 2.75) is 30.7 Å². The first kappa shape index (κ1) is 16.5. The Morgan fingerprint density at radius 2 is 1.83 bits per heavy atom. The Kier molecular flexibility index (Phi) is 4.29. The van der Waals surface area contributed by atoms with E-state index in [0.29, 0.717) is 5.69 Å². The van der Waals surface area contributed by atoms with E-state index in [0.717, 1.165) is 0 Å². The van der Waals surface area contributed by atoms with E-state index in [4.69, 9.17) is 4.74 Å². The summed E-state index contributed by atoms with van der Waals surface area (Å²) in [5.74, 6) is 0. The maximum Gasteiger partial charge on any atom is 0.300 e. The van der Waals surface area contributed by atoms with Crippen LogP contribution in [0.15, 0.2) is 16.8 Å². The number of aromatic nitrogens is 2. The van der Waals surface area contributed by atoms with Crippen LogP contribution < -0.4 is 5.32 Å². The molecule has 3 unspecified atom stereocenters. The smallest absolute Gasteiger partial charge is 0.300 e. The molecule has 1 aliphatic rings. The summed E-state index contributed by atoms with van der Waals surface area (Å²) < 4.78 is 9.54. The minimum atomic E-state index is -1.65. The van der Waals surface area contributed by atoms with Gasteiger partial charge in [0.1, 0.15) is 24.4 Å². The van der Waals surface area contributed by atoms with Gasteiger partial charge < -0.3 is 30.5 Å². The Morgan fingerprint density at radius 1 is 1.12 bits per heavy atom. The molecule has 0 radical (unpaired) electrons. The Labute approximate surface area is 133 Å². The molecule has 2 aromatic rings. The van der Waals surface area contributed by atoms with Gasteiger partial charge in [0, 0.05) is 12.6 Å². The highest BCUT2D eigenvalue weighted by Crippen LogP contribution is 2.29. The number of nitro groups is 1. The van der Waals surface area contributed by atoms with Crippen LogP contribution in [0, 0.1) is 10.1 Å². The quantitative estimate of drug-likeness (QED) is 0.316. The molecule has 24 heavy (non-hydrogen) atoms. The maximum absolute atomic E-state index is 10.9. The molecular weight excluding hydrogens is 328 g/mol. The number of fused-ring (bicyclic) bond motifs is 1. The highest BCUT2D eigenvalue weighted by molar-refractivity contribution is 5.93. The summed E-state index contributed by atoms with van der Waals surface area (Å²) in [4.78, 5) is 10.3. The second-order valence-corrected chi connectivity index (χ2v) is 5.27. The van der Waals surface area contributed by atoms with Gasteiger partial charge in [-0.3, -0.25) is 10.1 Å². The Morgan fingerprint density at radius 3 is 2.54 bits per heavy atom. The number of nitrogens with zero attached hydrogens (tertiary/aromatic N) is 3. The lowest BCUT2D eigenvalue weighted by atomic mass is 9.99. The highest BCUT2D eigenvalue weighted by Gasteiger charge is 2.42. The Balaban J connectivity index is 1.78. The van der Waals surface area contributed by atoms with Gasteiger partial charge in [-0.2, -0.15) is 0 Å². The van der Waals surface area contributed by atoms with Crippen LogP contribution in [0.1, 0.15) is 0 Å². The van der Waals surface area contributed by atoms with E-state index in [9.17, 15) is 30.5 Å². The van der Waals surface area contributed by atoms with Crippen molar-refractivity contribution < 1.29 is 34.7 Å². The number of nitrogens with one attached hydrogen (secondary N) is 1. The fraction of sp³-hybridized carbons (Fsp3) is 0.500. The Hall–Kier alpha value is -2.38. The molecule has 1 aromatic heterocycles. The molecule has 0 amide bonds. The fourth-order valence-electron chi connectivity index (χ4n) is 2.45. The van der Waals surface area contributed by atoms with Crippen molar-refractivity contribution >= 4 is 22.4 Å². The number of non-ortho nitro benzene ring substituents is 1. The van der Waals surface area contributed by atoms with Crippen LogP contribution in [0.5, 0.6) is 0 Å². The van der Waals surface area contributed by atoms with Gasteiger partial charge in [-0.1, -0.05) is 0 Å². The molecule has 1 fully saturated rings. The molecule has 1 saturated heterocycles. The lowest BCUT2D eigenvalue weighted by Crippen LogP contribution is -2.59. The van der Waals surface area contributed by atoms with Gasteiger partial charge in [0.25, 0.3) is 0 Å². The summed E-state index contributed by atoms with van der Waals surface area (Å²) in [6.45, 7) is -0.0816. The second kappa shape index (κ2) is 6.26. The van der Waals surface area contributed by atoms with Gasteiger partial charge in [-0.05, 0) is 16.4 Å².